The van der Waals surface area contributed by atoms with Crippen molar-refractivity contribution < 1.29 is 9.13 Å². The van der Waals surface area contributed by atoms with Crippen molar-refractivity contribution in [1.82, 2.24) is 15.0 Å². The van der Waals surface area contributed by atoms with Crippen LogP contribution in [0.3, 0.4) is 0 Å². The summed E-state index contributed by atoms with van der Waals surface area (Å²) in [6, 6.07) is 13.1. The van der Waals surface area contributed by atoms with Gasteiger partial charge in [0.1, 0.15) is 22.6 Å². The molecule has 1 atom stereocenters. The van der Waals surface area contributed by atoms with Gasteiger partial charge in [-0.1, -0.05) is 18.7 Å². The number of hydrogen-bond acceptors (Lipinski definition) is 7. The molecule has 35 heavy (non-hydrogen) atoms. The van der Waals surface area contributed by atoms with Crippen molar-refractivity contribution in [3.05, 3.63) is 82.5 Å². The van der Waals surface area contributed by atoms with Crippen LogP contribution in [0.2, 0.25) is 0 Å². The maximum Gasteiger partial charge on any atom is 0.269 e. The van der Waals surface area contributed by atoms with Crippen LogP contribution >= 0.6 is 11.3 Å². The Hall–Kier alpha value is -4.16. The van der Waals surface area contributed by atoms with Crippen LogP contribution in [0.5, 0.6) is 5.75 Å². The number of aliphatic imine (C=N–C) groups is 1. The molecule has 1 aliphatic rings. The minimum absolute atomic E-state index is 0.336. The summed E-state index contributed by atoms with van der Waals surface area (Å²) in [5, 5.41) is 6.22. The highest BCUT2D eigenvalue weighted by atomic mass is 32.1. The zero-order chi connectivity index (χ0) is 24.4. The number of halogens is 1. The van der Waals surface area contributed by atoms with Gasteiger partial charge in [0.25, 0.3) is 5.82 Å². The molecule has 0 bridgehead atoms. The number of thiazole rings is 1. The van der Waals surface area contributed by atoms with E-state index in [1.54, 1.807) is 19.4 Å². The maximum atomic E-state index is 14.1. The molecular weight excluding hydrogens is 463 g/mol. The van der Waals surface area contributed by atoms with Gasteiger partial charge in [-0.2, -0.15) is 0 Å². The van der Waals surface area contributed by atoms with Gasteiger partial charge in [-0.3, -0.25) is 9.98 Å². The molecule has 0 spiro atoms. The van der Waals surface area contributed by atoms with Crippen LogP contribution in [0, 0.1) is 6.57 Å². The molecule has 1 aromatic carbocycles. The number of benzene rings is 1. The number of hydrogen-bond donors (Lipinski definition) is 1. The van der Waals surface area contributed by atoms with Gasteiger partial charge in [-0.15, -0.1) is 16.3 Å². The van der Waals surface area contributed by atoms with Crippen molar-refractivity contribution in [3.63, 3.8) is 0 Å². The lowest BCUT2D eigenvalue weighted by atomic mass is 10.1. The number of nitrogens with one attached hydrogen (secondary N) is 1. The number of methoxy groups -OCH3 is 1. The molecule has 0 saturated carbocycles. The van der Waals surface area contributed by atoms with Crippen molar-refractivity contribution in [2.24, 2.45) is 4.99 Å². The number of aromatic nitrogens is 3. The van der Waals surface area contributed by atoms with Crippen LogP contribution in [-0.2, 0) is 12.8 Å². The molecule has 174 valence electrons. The lowest BCUT2D eigenvalue weighted by Gasteiger charge is -2.16. The largest absolute Gasteiger partial charge is 0.494 e. The standard InChI is InChI=1S/C26H21FN6OS/c1-15(27)20-14-22-24(33-20)21(13-17(30-22)12-16-6-4-9-23(28-2)31-16)32-19-8-5-7-18(25(19)34-3)26-29-10-11-35-26/h4-11,13,15H,12,14H2,1,3H3,(H,30,32). The predicted molar refractivity (Wildman–Crippen MR) is 136 cm³/mol. The topological polar surface area (TPSA) is 76.7 Å². The van der Waals surface area contributed by atoms with Gasteiger partial charge in [-0.25, -0.2) is 9.37 Å². The second kappa shape index (κ2) is 9.60. The number of ether oxygens (including phenoxy) is 1. The lowest BCUT2D eigenvalue weighted by molar-refractivity contribution is 0.418. The SMILES string of the molecule is [C-]#[N+]c1cccc(Cc2cc(Nc3cccc(-c4nccs4)c3OC)c3c(n2)CC(C(C)F)=N3)n1. The second-order valence-corrected chi connectivity index (χ2v) is 8.87. The van der Waals surface area contributed by atoms with Crippen molar-refractivity contribution in [2.45, 2.75) is 25.9 Å². The van der Waals surface area contributed by atoms with Crippen LogP contribution in [0.4, 0.5) is 27.3 Å². The fourth-order valence-electron chi connectivity index (χ4n) is 4.01. The Morgan fingerprint density at radius 3 is 2.77 bits per heavy atom. The minimum Gasteiger partial charge on any atom is -0.494 e. The zero-order valence-electron chi connectivity index (χ0n) is 19.1. The molecule has 1 unspecified atom stereocenters. The first-order valence-electron chi connectivity index (χ1n) is 11.0. The van der Waals surface area contributed by atoms with Gasteiger partial charge in [0.15, 0.2) is 5.75 Å². The van der Waals surface area contributed by atoms with Crippen molar-refractivity contribution in [1.29, 1.82) is 0 Å². The average Bonchev–Trinajstić information content (AvgIpc) is 3.55. The quantitative estimate of drug-likeness (QED) is 0.304. The molecule has 4 aromatic rings. The van der Waals surface area contributed by atoms with Crippen LogP contribution in [-0.4, -0.2) is 33.9 Å². The number of para-hydroxylation sites is 1. The van der Waals surface area contributed by atoms with Gasteiger partial charge < -0.3 is 14.9 Å². The molecule has 0 aliphatic carbocycles. The van der Waals surface area contributed by atoms with Crippen LogP contribution in [0.15, 0.2) is 59.0 Å². The van der Waals surface area contributed by atoms with E-state index in [0.29, 0.717) is 47.2 Å². The zero-order valence-corrected chi connectivity index (χ0v) is 19.9. The Bertz CT molecular complexity index is 1460. The van der Waals surface area contributed by atoms with E-state index in [9.17, 15) is 4.39 Å². The van der Waals surface area contributed by atoms with Crippen LogP contribution in [0.25, 0.3) is 15.4 Å². The molecule has 9 heteroatoms. The molecule has 0 radical (unpaired) electrons. The van der Waals surface area contributed by atoms with E-state index < -0.39 is 6.17 Å². The minimum atomic E-state index is -1.17. The number of nitrogens with zero attached hydrogens (tertiary/aromatic N) is 5. The van der Waals surface area contributed by atoms with Gasteiger partial charge >= 0.3 is 0 Å². The Balaban J connectivity index is 1.56. The van der Waals surface area contributed by atoms with E-state index in [1.807, 2.05) is 41.8 Å². The normalized spacial score (nSPS) is 13.0. The van der Waals surface area contributed by atoms with E-state index in [-0.39, 0.29) is 0 Å². The summed E-state index contributed by atoms with van der Waals surface area (Å²) in [5.74, 6) is 0.990. The lowest BCUT2D eigenvalue weighted by Crippen LogP contribution is -2.11. The predicted octanol–water partition coefficient (Wildman–Crippen LogP) is 6.48. The smallest absolute Gasteiger partial charge is 0.269 e. The molecule has 1 N–H and O–H groups in total. The summed E-state index contributed by atoms with van der Waals surface area (Å²) >= 11 is 1.53. The van der Waals surface area contributed by atoms with Gasteiger partial charge in [0.2, 0.25) is 0 Å². The van der Waals surface area contributed by atoms with Crippen LogP contribution < -0.4 is 10.1 Å². The summed E-state index contributed by atoms with van der Waals surface area (Å²) < 4.78 is 19.9. The van der Waals surface area contributed by atoms with Crippen molar-refractivity contribution in [2.75, 3.05) is 12.4 Å². The van der Waals surface area contributed by atoms with Gasteiger partial charge in [0, 0.05) is 18.0 Å². The fourth-order valence-corrected chi connectivity index (χ4v) is 4.67. The highest BCUT2D eigenvalue weighted by Crippen LogP contribution is 2.42. The van der Waals surface area contributed by atoms with E-state index in [1.165, 1.54) is 18.3 Å². The van der Waals surface area contributed by atoms with E-state index >= 15 is 0 Å². The van der Waals surface area contributed by atoms with Gasteiger partial charge in [-0.05, 0) is 37.3 Å². The van der Waals surface area contributed by atoms with Crippen LogP contribution in [0.1, 0.15) is 24.0 Å². The first-order valence-corrected chi connectivity index (χ1v) is 11.8. The molecule has 0 amide bonds. The molecule has 4 heterocycles. The number of rotatable bonds is 7. The second-order valence-electron chi connectivity index (χ2n) is 7.98. The summed E-state index contributed by atoms with van der Waals surface area (Å²) in [6.07, 6.45) is 1.37. The molecule has 7 nitrogen and oxygen atoms in total. The molecule has 1 aliphatic heterocycles. The number of fused-ring (bicyclic) bond motifs is 1. The van der Waals surface area contributed by atoms with E-state index in [2.05, 4.69) is 25.1 Å². The third-order valence-corrected chi connectivity index (χ3v) is 6.41. The third-order valence-electron chi connectivity index (χ3n) is 5.60. The number of alkyl halides is 1. The van der Waals surface area contributed by atoms with Crippen molar-refractivity contribution >= 4 is 39.9 Å². The Kier molecular flexibility index (Phi) is 6.21. The monoisotopic (exact) mass is 484 g/mol. The summed E-state index contributed by atoms with van der Waals surface area (Å²) in [6.45, 7) is 8.71. The third kappa shape index (κ3) is 4.61. The fraction of sp³-hybridized carbons (Fsp3) is 0.192. The van der Waals surface area contributed by atoms with Gasteiger partial charge in [0.05, 0.1) is 47.6 Å². The van der Waals surface area contributed by atoms with E-state index in [0.717, 1.165) is 27.6 Å². The first kappa shape index (κ1) is 22.6. The summed E-state index contributed by atoms with van der Waals surface area (Å²) in [5.41, 5.74) is 5.58. The summed E-state index contributed by atoms with van der Waals surface area (Å²) in [4.78, 5) is 21.5. The van der Waals surface area contributed by atoms with E-state index in [4.69, 9.17) is 16.3 Å². The maximum absolute atomic E-state index is 14.1. The molecule has 3 aromatic heterocycles. The molecule has 0 fully saturated rings. The molecular formula is C26H21FN6OS. The molecule has 5 rings (SSSR count). The Morgan fingerprint density at radius 1 is 1.17 bits per heavy atom. The highest BCUT2D eigenvalue weighted by Gasteiger charge is 2.25. The average molecular weight is 485 g/mol. The summed E-state index contributed by atoms with van der Waals surface area (Å²) in [7, 11) is 1.62. The Labute approximate surface area is 206 Å². The Morgan fingerprint density at radius 2 is 2.03 bits per heavy atom. The first-order chi connectivity index (χ1) is 17.1. The number of anilines is 2. The number of pyridine rings is 2. The van der Waals surface area contributed by atoms with Crippen molar-refractivity contribution in [3.8, 4) is 16.3 Å². The highest BCUT2D eigenvalue weighted by molar-refractivity contribution is 7.13. The molecule has 0 saturated heterocycles.